The van der Waals surface area contributed by atoms with Gasteiger partial charge in [0.2, 0.25) is 0 Å². The van der Waals surface area contributed by atoms with E-state index in [2.05, 4.69) is 10.6 Å². The molecule has 6 heteroatoms. The Balaban J connectivity index is 1.38. The van der Waals surface area contributed by atoms with Crippen LogP contribution in [-0.2, 0) is 13.2 Å². The molecular formula is C27H29ClN2O3. The summed E-state index contributed by atoms with van der Waals surface area (Å²) >= 11 is 6.25. The highest BCUT2D eigenvalue weighted by atomic mass is 35.5. The maximum atomic E-state index is 6.25. The number of aryl methyl sites for hydroxylation is 3. The summed E-state index contributed by atoms with van der Waals surface area (Å²) in [7, 11) is 1.65. The molecule has 1 aromatic heterocycles. The van der Waals surface area contributed by atoms with Crippen molar-refractivity contribution in [1.29, 1.82) is 0 Å². The van der Waals surface area contributed by atoms with Gasteiger partial charge in [0.1, 0.15) is 29.7 Å². The van der Waals surface area contributed by atoms with Crippen molar-refractivity contribution in [3.05, 3.63) is 82.6 Å². The SMILES string of the molecule is COc1cccc(OCc2nc3ccccc3n2CCCCOc2cc(C)c(Cl)c(C)c2)c1. The summed E-state index contributed by atoms with van der Waals surface area (Å²) < 4.78 is 19.5. The molecule has 4 aromatic rings. The van der Waals surface area contributed by atoms with Crippen LogP contribution >= 0.6 is 11.6 Å². The zero-order valence-electron chi connectivity index (χ0n) is 19.3. The van der Waals surface area contributed by atoms with Crippen LogP contribution in [0, 0.1) is 13.8 Å². The first-order valence-corrected chi connectivity index (χ1v) is 11.5. The second kappa shape index (κ2) is 10.6. The zero-order chi connectivity index (χ0) is 23.2. The van der Waals surface area contributed by atoms with Crippen molar-refractivity contribution in [2.45, 2.75) is 39.8 Å². The maximum absolute atomic E-state index is 6.25. The minimum Gasteiger partial charge on any atom is -0.497 e. The fourth-order valence-electron chi connectivity index (χ4n) is 3.88. The summed E-state index contributed by atoms with van der Waals surface area (Å²) in [5, 5.41) is 0.804. The third-order valence-electron chi connectivity index (χ3n) is 5.60. The number of para-hydroxylation sites is 2. The molecule has 0 aliphatic rings. The quantitative estimate of drug-likeness (QED) is 0.243. The largest absolute Gasteiger partial charge is 0.497 e. The van der Waals surface area contributed by atoms with E-state index in [0.29, 0.717) is 13.2 Å². The fraction of sp³-hybridized carbons (Fsp3) is 0.296. The van der Waals surface area contributed by atoms with Crippen LogP contribution in [0.1, 0.15) is 29.8 Å². The number of hydrogen-bond acceptors (Lipinski definition) is 4. The molecule has 0 saturated carbocycles. The van der Waals surface area contributed by atoms with Gasteiger partial charge in [0.25, 0.3) is 0 Å². The minimum absolute atomic E-state index is 0.391. The van der Waals surface area contributed by atoms with E-state index in [4.69, 9.17) is 30.8 Å². The number of aromatic nitrogens is 2. The molecule has 0 bridgehead atoms. The summed E-state index contributed by atoms with van der Waals surface area (Å²) in [5.41, 5.74) is 4.17. The van der Waals surface area contributed by atoms with Crippen molar-refractivity contribution < 1.29 is 14.2 Å². The van der Waals surface area contributed by atoms with Crippen LogP contribution in [0.15, 0.2) is 60.7 Å². The first-order valence-electron chi connectivity index (χ1n) is 11.2. The summed E-state index contributed by atoms with van der Waals surface area (Å²) in [6.45, 7) is 5.90. The summed E-state index contributed by atoms with van der Waals surface area (Å²) in [6.07, 6.45) is 1.90. The lowest BCUT2D eigenvalue weighted by atomic mass is 10.1. The number of halogens is 1. The Labute approximate surface area is 199 Å². The lowest BCUT2D eigenvalue weighted by molar-refractivity contribution is 0.283. The van der Waals surface area contributed by atoms with E-state index < -0.39 is 0 Å². The highest BCUT2D eigenvalue weighted by Crippen LogP contribution is 2.26. The Morgan fingerprint density at radius 2 is 1.61 bits per heavy atom. The first kappa shape index (κ1) is 23.0. The number of hydrogen-bond donors (Lipinski definition) is 0. The van der Waals surface area contributed by atoms with E-state index in [1.165, 1.54) is 0 Å². The molecule has 0 saturated heterocycles. The molecule has 0 unspecified atom stereocenters. The van der Waals surface area contributed by atoms with Gasteiger partial charge in [0, 0.05) is 17.6 Å². The molecule has 0 amide bonds. The molecule has 0 radical (unpaired) electrons. The van der Waals surface area contributed by atoms with Crippen LogP contribution in [0.25, 0.3) is 11.0 Å². The van der Waals surface area contributed by atoms with Crippen LogP contribution in [0.2, 0.25) is 5.02 Å². The topological polar surface area (TPSA) is 45.5 Å². The molecule has 0 fully saturated rings. The van der Waals surface area contributed by atoms with Crippen molar-refractivity contribution in [2.75, 3.05) is 13.7 Å². The van der Waals surface area contributed by atoms with Gasteiger partial charge in [-0.3, -0.25) is 0 Å². The van der Waals surface area contributed by atoms with Crippen LogP contribution in [0.3, 0.4) is 0 Å². The van der Waals surface area contributed by atoms with Gasteiger partial charge < -0.3 is 18.8 Å². The Kier molecular flexibility index (Phi) is 7.40. The summed E-state index contributed by atoms with van der Waals surface area (Å²) in [4.78, 5) is 4.81. The highest BCUT2D eigenvalue weighted by Gasteiger charge is 2.11. The van der Waals surface area contributed by atoms with E-state index in [1.807, 2.05) is 68.4 Å². The third kappa shape index (κ3) is 5.60. The lowest BCUT2D eigenvalue weighted by Crippen LogP contribution is -2.09. The number of unbranched alkanes of at least 4 members (excludes halogenated alkanes) is 1. The molecule has 0 N–H and O–H groups in total. The molecule has 5 nitrogen and oxygen atoms in total. The molecule has 4 rings (SSSR count). The van der Waals surface area contributed by atoms with Crippen molar-refractivity contribution in [3.8, 4) is 17.2 Å². The Hall–Kier alpha value is -3.18. The monoisotopic (exact) mass is 464 g/mol. The van der Waals surface area contributed by atoms with E-state index in [9.17, 15) is 0 Å². The number of methoxy groups -OCH3 is 1. The number of benzene rings is 3. The predicted molar refractivity (Wildman–Crippen MR) is 133 cm³/mol. The smallest absolute Gasteiger partial charge is 0.147 e. The molecule has 0 aliphatic heterocycles. The lowest BCUT2D eigenvalue weighted by Gasteiger charge is -2.12. The summed E-state index contributed by atoms with van der Waals surface area (Å²) in [6, 6.07) is 19.8. The van der Waals surface area contributed by atoms with E-state index in [-0.39, 0.29) is 0 Å². The number of imidazole rings is 1. The Bertz CT molecular complexity index is 1210. The van der Waals surface area contributed by atoms with Gasteiger partial charge in [-0.25, -0.2) is 4.98 Å². The molecule has 0 spiro atoms. The molecular weight excluding hydrogens is 436 g/mol. The summed E-state index contributed by atoms with van der Waals surface area (Å²) in [5.74, 6) is 3.31. The van der Waals surface area contributed by atoms with Crippen molar-refractivity contribution >= 4 is 22.6 Å². The molecule has 3 aromatic carbocycles. The molecule has 33 heavy (non-hydrogen) atoms. The van der Waals surface area contributed by atoms with Crippen LogP contribution < -0.4 is 14.2 Å². The Morgan fingerprint density at radius 1 is 0.848 bits per heavy atom. The Morgan fingerprint density at radius 3 is 2.39 bits per heavy atom. The maximum Gasteiger partial charge on any atom is 0.147 e. The molecule has 0 aliphatic carbocycles. The van der Waals surface area contributed by atoms with Gasteiger partial charge in [-0.1, -0.05) is 29.8 Å². The standard InChI is InChI=1S/C27H29ClN2O3/c1-19-15-23(16-20(2)27(19)28)32-14-7-6-13-30-25-12-5-4-11-24(25)29-26(30)18-33-22-10-8-9-21(17-22)31-3/h4-5,8-12,15-17H,6-7,13-14,18H2,1-3H3. The predicted octanol–water partition coefficient (Wildman–Crippen LogP) is 6.75. The molecule has 1 heterocycles. The van der Waals surface area contributed by atoms with Gasteiger partial charge in [0.15, 0.2) is 0 Å². The fourth-order valence-corrected chi connectivity index (χ4v) is 3.98. The van der Waals surface area contributed by atoms with Crippen molar-refractivity contribution in [3.63, 3.8) is 0 Å². The normalized spacial score (nSPS) is 11.0. The van der Waals surface area contributed by atoms with Crippen LogP contribution in [0.5, 0.6) is 17.2 Å². The average molecular weight is 465 g/mol. The average Bonchev–Trinajstić information content (AvgIpc) is 3.18. The van der Waals surface area contributed by atoms with E-state index in [0.717, 1.165) is 69.6 Å². The third-order valence-corrected chi connectivity index (χ3v) is 6.19. The van der Waals surface area contributed by atoms with E-state index >= 15 is 0 Å². The van der Waals surface area contributed by atoms with Crippen molar-refractivity contribution in [1.82, 2.24) is 9.55 Å². The molecule has 172 valence electrons. The highest BCUT2D eigenvalue weighted by molar-refractivity contribution is 6.32. The zero-order valence-corrected chi connectivity index (χ0v) is 20.1. The molecule has 0 atom stereocenters. The van der Waals surface area contributed by atoms with Gasteiger partial charge in [-0.15, -0.1) is 0 Å². The van der Waals surface area contributed by atoms with E-state index in [1.54, 1.807) is 7.11 Å². The van der Waals surface area contributed by atoms with Gasteiger partial charge in [-0.2, -0.15) is 0 Å². The number of fused-ring (bicyclic) bond motifs is 1. The van der Waals surface area contributed by atoms with Gasteiger partial charge in [-0.05, 0) is 74.2 Å². The number of nitrogens with zero attached hydrogens (tertiary/aromatic N) is 2. The number of ether oxygens (including phenoxy) is 3. The first-order chi connectivity index (χ1) is 16.0. The number of rotatable bonds is 10. The van der Waals surface area contributed by atoms with Crippen LogP contribution in [-0.4, -0.2) is 23.3 Å². The van der Waals surface area contributed by atoms with Gasteiger partial charge >= 0.3 is 0 Å². The van der Waals surface area contributed by atoms with Crippen molar-refractivity contribution in [2.24, 2.45) is 0 Å². The second-order valence-corrected chi connectivity index (χ2v) is 8.44. The minimum atomic E-state index is 0.391. The van der Waals surface area contributed by atoms with Gasteiger partial charge in [0.05, 0.1) is 24.8 Å². The second-order valence-electron chi connectivity index (χ2n) is 8.06. The van der Waals surface area contributed by atoms with Crippen LogP contribution in [0.4, 0.5) is 0 Å².